The van der Waals surface area contributed by atoms with Crippen molar-refractivity contribution in [3.63, 3.8) is 0 Å². The molecule has 0 saturated carbocycles. The summed E-state index contributed by atoms with van der Waals surface area (Å²) in [7, 11) is 0. The van der Waals surface area contributed by atoms with Crippen LogP contribution in [0.3, 0.4) is 0 Å². The topological polar surface area (TPSA) is 46.1 Å². The number of halogens is 2. The fraction of sp³-hybridized carbons (Fsp3) is 0.316. The zero-order valence-corrected chi connectivity index (χ0v) is 15.5. The van der Waals surface area contributed by atoms with Crippen LogP contribution in [0.2, 0.25) is 5.02 Å². The molecule has 1 fully saturated rings. The van der Waals surface area contributed by atoms with E-state index in [1.807, 2.05) is 43.0 Å². The lowest BCUT2D eigenvalue weighted by Gasteiger charge is -2.31. The number of guanidine groups is 1. The number of rotatable bonds is 5. The van der Waals surface area contributed by atoms with Crippen molar-refractivity contribution >= 4 is 23.2 Å². The Morgan fingerprint density at radius 1 is 1.27 bits per heavy atom. The highest BCUT2D eigenvalue weighted by molar-refractivity contribution is 6.30. The summed E-state index contributed by atoms with van der Waals surface area (Å²) in [4.78, 5) is 6.46. The standard InChI is InChI=1S/C19H21ClFN3O2/c1-13(2)26-18-8-7-16(9-17(18)21)23-19-22-11-25-12-24(19)10-14-3-5-15(20)6-4-14/h3-9,13H,10-12H2,1-2H3,(H,22,23). The third kappa shape index (κ3) is 4.86. The number of nitrogens with one attached hydrogen (secondary N) is 1. The minimum absolute atomic E-state index is 0.0892. The molecule has 1 aliphatic rings. The molecule has 5 nitrogen and oxygen atoms in total. The first kappa shape index (κ1) is 18.5. The van der Waals surface area contributed by atoms with E-state index in [0.29, 0.717) is 36.7 Å². The Kier molecular flexibility index (Phi) is 5.96. The maximum Gasteiger partial charge on any atom is 0.203 e. The molecular weight excluding hydrogens is 357 g/mol. The maximum absolute atomic E-state index is 14.2. The molecule has 0 radical (unpaired) electrons. The normalized spacial score (nSPS) is 16.0. The lowest BCUT2D eigenvalue weighted by molar-refractivity contribution is 0.0296. The first-order chi connectivity index (χ1) is 12.5. The van der Waals surface area contributed by atoms with Gasteiger partial charge >= 0.3 is 0 Å². The molecule has 0 unspecified atom stereocenters. The van der Waals surface area contributed by atoms with Crippen molar-refractivity contribution in [1.29, 1.82) is 0 Å². The highest BCUT2D eigenvalue weighted by Gasteiger charge is 2.17. The molecule has 2 aromatic carbocycles. The highest BCUT2D eigenvalue weighted by atomic mass is 35.5. The van der Waals surface area contributed by atoms with Crippen LogP contribution in [0.25, 0.3) is 0 Å². The quantitative estimate of drug-likeness (QED) is 0.844. The van der Waals surface area contributed by atoms with Crippen molar-refractivity contribution < 1.29 is 13.9 Å². The minimum atomic E-state index is -0.433. The van der Waals surface area contributed by atoms with Crippen molar-refractivity contribution in [2.75, 3.05) is 13.5 Å². The molecule has 1 saturated heterocycles. The minimum Gasteiger partial charge on any atom is -0.488 e. The molecule has 0 atom stereocenters. The number of aliphatic imine (C=N–C) groups is 1. The van der Waals surface area contributed by atoms with Crippen LogP contribution in [-0.4, -0.2) is 30.4 Å². The molecule has 7 heteroatoms. The van der Waals surface area contributed by atoms with Crippen LogP contribution < -0.4 is 10.1 Å². The Labute approximate surface area is 157 Å². The second kappa shape index (κ2) is 8.38. The predicted molar refractivity (Wildman–Crippen MR) is 100 cm³/mol. The summed E-state index contributed by atoms with van der Waals surface area (Å²) in [5.74, 6) is 0.418. The van der Waals surface area contributed by atoms with Crippen molar-refractivity contribution in [3.8, 4) is 5.75 Å². The SMILES string of the molecule is CC(C)Oc1ccc(/N=C2\NCOCN2Cc2ccc(Cl)cc2)cc1F. The van der Waals surface area contributed by atoms with Gasteiger partial charge < -0.3 is 19.7 Å². The molecule has 0 amide bonds. The molecule has 0 aliphatic carbocycles. The second-order valence-corrected chi connectivity index (χ2v) is 6.63. The van der Waals surface area contributed by atoms with E-state index in [-0.39, 0.29) is 11.9 Å². The van der Waals surface area contributed by atoms with Crippen LogP contribution in [0.5, 0.6) is 5.75 Å². The van der Waals surface area contributed by atoms with E-state index in [1.54, 1.807) is 12.1 Å². The van der Waals surface area contributed by atoms with Crippen LogP contribution >= 0.6 is 11.6 Å². The highest BCUT2D eigenvalue weighted by Crippen LogP contribution is 2.24. The molecule has 2 aromatic rings. The zero-order valence-electron chi connectivity index (χ0n) is 14.7. The summed E-state index contributed by atoms with van der Waals surface area (Å²) in [5.41, 5.74) is 1.57. The molecule has 1 N–H and O–H groups in total. The van der Waals surface area contributed by atoms with E-state index in [0.717, 1.165) is 5.56 Å². The van der Waals surface area contributed by atoms with Gasteiger partial charge in [0.1, 0.15) is 13.5 Å². The van der Waals surface area contributed by atoms with E-state index in [2.05, 4.69) is 10.3 Å². The third-order valence-corrected chi connectivity index (χ3v) is 3.93. The number of benzene rings is 2. The van der Waals surface area contributed by atoms with Gasteiger partial charge in [-0.25, -0.2) is 9.38 Å². The molecule has 138 valence electrons. The van der Waals surface area contributed by atoms with Crippen LogP contribution in [0.15, 0.2) is 47.5 Å². The summed E-state index contributed by atoms with van der Waals surface area (Å²) in [6.45, 7) is 5.06. The van der Waals surface area contributed by atoms with Crippen molar-refractivity contribution in [3.05, 3.63) is 58.9 Å². The molecule has 0 bridgehead atoms. The van der Waals surface area contributed by atoms with Gasteiger partial charge in [-0.3, -0.25) is 0 Å². The Bertz CT molecular complexity index is 781. The molecule has 1 heterocycles. The number of nitrogens with zero attached hydrogens (tertiary/aromatic N) is 2. The Morgan fingerprint density at radius 3 is 2.73 bits per heavy atom. The zero-order chi connectivity index (χ0) is 18.5. The van der Waals surface area contributed by atoms with Gasteiger partial charge in [-0.1, -0.05) is 23.7 Å². The fourth-order valence-corrected chi connectivity index (χ4v) is 2.64. The van der Waals surface area contributed by atoms with E-state index in [1.165, 1.54) is 6.07 Å². The summed E-state index contributed by atoms with van der Waals surface area (Å²) in [5, 5.41) is 3.78. The Balaban J connectivity index is 1.78. The van der Waals surface area contributed by atoms with Crippen LogP contribution in [0.4, 0.5) is 10.1 Å². The van der Waals surface area contributed by atoms with E-state index in [4.69, 9.17) is 21.1 Å². The summed E-state index contributed by atoms with van der Waals surface area (Å²) in [6.07, 6.45) is -0.0892. The first-order valence-electron chi connectivity index (χ1n) is 8.37. The lowest BCUT2D eigenvalue weighted by Crippen LogP contribution is -2.48. The van der Waals surface area contributed by atoms with E-state index in [9.17, 15) is 4.39 Å². The van der Waals surface area contributed by atoms with Gasteiger partial charge in [-0.05, 0) is 43.7 Å². The van der Waals surface area contributed by atoms with E-state index >= 15 is 0 Å². The lowest BCUT2D eigenvalue weighted by atomic mass is 10.2. The molecule has 1 aliphatic heterocycles. The number of hydrogen-bond donors (Lipinski definition) is 1. The average molecular weight is 378 g/mol. The molecule has 0 spiro atoms. The smallest absolute Gasteiger partial charge is 0.203 e. The maximum atomic E-state index is 14.2. The molecule has 26 heavy (non-hydrogen) atoms. The van der Waals surface area contributed by atoms with Crippen LogP contribution in [0, 0.1) is 5.82 Å². The summed E-state index contributed by atoms with van der Waals surface area (Å²) >= 11 is 5.93. The van der Waals surface area contributed by atoms with Crippen LogP contribution in [0.1, 0.15) is 19.4 Å². The molecular formula is C19H21ClFN3O2. The number of hydrogen-bond acceptors (Lipinski definition) is 3. The van der Waals surface area contributed by atoms with Gasteiger partial charge in [-0.2, -0.15) is 0 Å². The van der Waals surface area contributed by atoms with Crippen molar-refractivity contribution in [2.24, 2.45) is 4.99 Å². The van der Waals surface area contributed by atoms with Gasteiger partial charge in [0, 0.05) is 17.6 Å². The largest absolute Gasteiger partial charge is 0.488 e. The van der Waals surface area contributed by atoms with Crippen LogP contribution in [-0.2, 0) is 11.3 Å². The molecule has 0 aromatic heterocycles. The van der Waals surface area contributed by atoms with Gasteiger partial charge in [-0.15, -0.1) is 0 Å². The summed E-state index contributed by atoms with van der Waals surface area (Å²) in [6, 6.07) is 12.3. The van der Waals surface area contributed by atoms with Gasteiger partial charge in [0.15, 0.2) is 11.6 Å². The second-order valence-electron chi connectivity index (χ2n) is 6.20. The molecule has 3 rings (SSSR count). The van der Waals surface area contributed by atoms with Crippen molar-refractivity contribution in [2.45, 2.75) is 26.5 Å². The Hall–Kier alpha value is -2.31. The number of ether oxygens (including phenoxy) is 2. The predicted octanol–water partition coefficient (Wildman–Crippen LogP) is 4.29. The van der Waals surface area contributed by atoms with Gasteiger partial charge in [0.2, 0.25) is 5.96 Å². The van der Waals surface area contributed by atoms with Gasteiger partial charge in [0.25, 0.3) is 0 Å². The van der Waals surface area contributed by atoms with Gasteiger partial charge in [0.05, 0.1) is 11.8 Å². The average Bonchev–Trinajstić information content (AvgIpc) is 2.61. The monoisotopic (exact) mass is 377 g/mol. The Morgan fingerprint density at radius 2 is 2.04 bits per heavy atom. The third-order valence-electron chi connectivity index (χ3n) is 3.68. The fourth-order valence-electron chi connectivity index (χ4n) is 2.52. The van der Waals surface area contributed by atoms with E-state index < -0.39 is 5.82 Å². The first-order valence-corrected chi connectivity index (χ1v) is 8.75. The summed E-state index contributed by atoms with van der Waals surface area (Å²) < 4.78 is 25.0. The van der Waals surface area contributed by atoms with Crippen molar-refractivity contribution in [1.82, 2.24) is 10.2 Å².